The zero-order chi connectivity index (χ0) is 16.5. The number of nitrogens with zero attached hydrogens (tertiary/aromatic N) is 4. The van der Waals surface area contributed by atoms with Crippen LogP contribution in [0.25, 0.3) is 11.1 Å². The third kappa shape index (κ3) is 3.10. The molecule has 0 bridgehead atoms. The minimum Gasteiger partial charge on any atom is -0.441 e. The lowest BCUT2D eigenvalue weighted by molar-refractivity contribution is 0.497. The molecule has 0 radical (unpaired) electrons. The van der Waals surface area contributed by atoms with Crippen LogP contribution in [0.4, 0.5) is 5.82 Å². The van der Waals surface area contributed by atoms with E-state index in [1.54, 1.807) is 0 Å². The quantitative estimate of drug-likeness (QED) is 0.797. The molecular formula is C18H21N5O. The van der Waals surface area contributed by atoms with Gasteiger partial charge in [-0.3, -0.25) is 0 Å². The number of anilines is 1. The van der Waals surface area contributed by atoms with Crippen LogP contribution in [0, 0.1) is 6.92 Å². The van der Waals surface area contributed by atoms with E-state index in [1.165, 1.54) is 0 Å². The number of hydrogen-bond acceptors (Lipinski definition) is 6. The predicted molar refractivity (Wildman–Crippen MR) is 93.0 cm³/mol. The molecular weight excluding hydrogens is 302 g/mol. The first-order valence-electron chi connectivity index (χ1n) is 8.36. The minimum absolute atomic E-state index is 0.323. The number of aryl methyl sites for hydroxylation is 1. The van der Waals surface area contributed by atoms with Crippen LogP contribution in [0.1, 0.15) is 30.0 Å². The first kappa shape index (κ1) is 15.1. The van der Waals surface area contributed by atoms with E-state index < -0.39 is 0 Å². The number of aromatic nitrogens is 3. The summed E-state index contributed by atoms with van der Waals surface area (Å²) in [5.74, 6) is 1.63. The van der Waals surface area contributed by atoms with E-state index in [0.29, 0.717) is 11.9 Å². The molecule has 1 aliphatic heterocycles. The van der Waals surface area contributed by atoms with Crippen LogP contribution in [0.5, 0.6) is 0 Å². The smallest absolute Gasteiger partial charge is 0.192 e. The average molecular weight is 323 g/mol. The van der Waals surface area contributed by atoms with Gasteiger partial charge in [0.1, 0.15) is 5.52 Å². The molecule has 0 aliphatic carbocycles. The Morgan fingerprint density at radius 2 is 2.00 bits per heavy atom. The maximum atomic E-state index is 5.95. The van der Waals surface area contributed by atoms with Gasteiger partial charge in [0, 0.05) is 32.5 Å². The molecule has 4 rings (SSSR count). The SMILES string of the molecule is Cc1nc2cc(Cc3ccc(N4CCC(N)CC4)nn3)ccc2o1. The monoisotopic (exact) mass is 323 g/mol. The fourth-order valence-electron chi connectivity index (χ4n) is 3.15. The first-order chi connectivity index (χ1) is 11.7. The molecule has 0 unspecified atom stereocenters. The van der Waals surface area contributed by atoms with Crippen molar-refractivity contribution >= 4 is 16.9 Å². The number of rotatable bonds is 3. The molecule has 2 aromatic heterocycles. The maximum absolute atomic E-state index is 5.95. The molecule has 0 spiro atoms. The Morgan fingerprint density at radius 1 is 1.17 bits per heavy atom. The van der Waals surface area contributed by atoms with Crippen molar-refractivity contribution in [3.63, 3.8) is 0 Å². The van der Waals surface area contributed by atoms with E-state index in [1.807, 2.05) is 19.1 Å². The van der Waals surface area contributed by atoms with E-state index in [2.05, 4.69) is 38.3 Å². The summed E-state index contributed by atoms with van der Waals surface area (Å²) in [6.07, 6.45) is 2.77. The molecule has 6 heteroatoms. The molecule has 24 heavy (non-hydrogen) atoms. The van der Waals surface area contributed by atoms with Crippen molar-refractivity contribution in [1.29, 1.82) is 0 Å². The Hall–Kier alpha value is -2.47. The largest absolute Gasteiger partial charge is 0.441 e. The van der Waals surface area contributed by atoms with Crippen molar-refractivity contribution in [2.24, 2.45) is 5.73 Å². The topological polar surface area (TPSA) is 81.1 Å². The molecule has 1 aromatic carbocycles. The second kappa shape index (κ2) is 6.20. The van der Waals surface area contributed by atoms with Gasteiger partial charge in [-0.15, -0.1) is 5.10 Å². The molecule has 0 amide bonds. The predicted octanol–water partition coefficient (Wildman–Crippen LogP) is 2.44. The summed E-state index contributed by atoms with van der Waals surface area (Å²) in [7, 11) is 0. The normalized spacial score (nSPS) is 16.0. The van der Waals surface area contributed by atoms with Crippen molar-refractivity contribution in [3.05, 3.63) is 47.5 Å². The molecule has 1 saturated heterocycles. The van der Waals surface area contributed by atoms with E-state index >= 15 is 0 Å². The summed E-state index contributed by atoms with van der Waals surface area (Å²) in [6, 6.07) is 10.5. The second-order valence-corrected chi connectivity index (χ2v) is 6.42. The van der Waals surface area contributed by atoms with Crippen LogP contribution in [-0.4, -0.2) is 34.3 Å². The van der Waals surface area contributed by atoms with E-state index in [4.69, 9.17) is 10.2 Å². The van der Waals surface area contributed by atoms with Gasteiger partial charge in [0.15, 0.2) is 17.3 Å². The van der Waals surface area contributed by atoms with Gasteiger partial charge in [-0.05, 0) is 42.7 Å². The second-order valence-electron chi connectivity index (χ2n) is 6.42. The zero-order valence-corrected chi connectivity index (χ0v) is 13.8. The van der Waals surface area contributed by atoms with Crippen LogP contribution in [-0.2, 0) is 6.42 Å². The molecule has 1 fully saturated rings. The fraction of sp³-hybridized carbons (Fsp3) is 0.389. The highest BCUT2D eigenvalue weighted by Crippen LogP contribution is 2.20. The van der Waals surface area contributed by atoms with Crippen LogP contribution in [0.3, 0.4) is 0 Å². The Labute approximate surface area is 140 Å². The first-order valence-corrected chi connectivity index (χ1v) is 8.36. The van der Waals surface area contributed by atoms with Gasteiger partial charge in [-0.25, -0.2) is 4.98 Å². The number of hydrogen-bond donors (Lipinski definition) is 1. The average Bonchev–Trinajstić information content (AvgIpc) is 2.96. The van der Waals surface area contributed by atoms with Crippen molar-refractivity contribution in [3.8, 4) is 0 Å². The number of oxazole rings is 1. The summed E-state index contributed by atoms with van der Waals surface area (Å²) in [6.45, 7) is 3.77. The highest BCUT2D eigenvalue weighted by atomic mass is 16.3. The van der Waals surface area contributed by atoms with Gasteiger partial charge in [0.25, 0.3) is 0 Å². The van der Waals surface area contributed by atoms with Gasteiger partial charge >= 0.3 is 0 Å². The highest BCUT2D eigenvalue weighted by Gasteiger charge is 2.17. The molecule has 0 saturated carbocycles. The third-order valence-corrected chi connectivity index (χ3v) is 4.51. The molecule has 6 nitrogen and oxygen atoms in total. The number of nitrogens with two attached hydrogens (primary N) is 1. The Morgan fingerprint density at radius 3 is 2.75 bits per heavy atom. The molecule has 2 N–H and O–H groups in total. The minimum atomic E-state index is 0.323. The van der Waals surface area contributed by atoms with E-state index in [0.717, 1.165) is 60.5 Å². The van der Waals surface area contributed by atoms with E-state index in [-0.39, 0.29) is 0 Å². The summed E-state index contributed by atoms with van der Waals surface area (Å²) in [5.41, 5.74) is 9.77. The van der Waals surface area contributed by atoms with Crippen LogP contribution in [0.15, 0.2) is 34.7 Å². The molecule has 0 atom stereocenters. The molecule has 124 valence electrons. The van der Waals surface area contributed by atoms with Crippen molar-refractivity contribution in [2.45, 2.75) is 32.2 Å². The molecule has 3 aromatic rings. The van der Waals surface area contributed by atoms with Gasteiger partial charge in [-0.2, -0.15) is 5.10 Å². The molecule has 3 heterocycles. The van der Waals surface area contributed by atoms with Crippen LogP contribution < -0.4 is 10.6 Å². The Kier molecular flexibility index (Phi) is 3.90. The third-order valence-electron chi connectivity index (χ3n) is 4.51. The summed E-state index contributed by atoms with van der Waals surface area (Å²) < 4.78 is 5.51. The summed E-state index contributed by atoms with van der Waals surface area (Å²) in [4.78, 5) is 6.63. The van der Waals surface area contributed by atoms with Gasteiger partial charge in [0.2, 0.25) is 0 Å². The Balaban J connectivity index is 1.48. The van der Waals surface area contributed by atoms with Gasteiger partial charge in [-0.1, -0.05) is 6.07 Å². The fourth-order valence-corrected chi connectivity index (χ4v) is 3.15. The van der Waals surface area contributed by atoms with Crippen molar-refractivity contribution in [1.82, 2.24) is 15.2 Å². The van der Waals surface area contributed by atoms with Crippen molar-refractivity contribution < 1.29 is 4.42 Å². The lowest BCUT2D eigenvalue weighted by atomic mass is 10.1. The maximum Gasteiger partial charge on any atom is 0.192 e. The number of fused-ring (bicyclic) bond motifs is 1. The standard InChI is InChI=1S/C18H21N5O/c1-12-20-16-11-13(2-4-17(16)24-12)10-15-3-5-18(22-21-15)23-8-6-14(19)7-9-23/h2-5,11,14H,6-10,19H2,1H3. The van der Waals surface area contributed by atoms with Crippen molar-refractivity contribution in [2.75, 3.05) is 18.0 Å². The highest BCUT2D eigenvalue weighted by molar-refractivity contribution is 5.73. The Bertz CT molecular complexity index is 834. The summed E-state index contributed by atoms with van der Waals surface area (Å²) in [5, 5.41) is 8.78. The summed E-state index contributed by atoms with van der Waals surface area (Å²) >= 11 is 0. The van der Waals surface area contributed by atoms with E-state index in [9.17, 15) is 0 Å². The van der Waals surface area contributed by atoms with Gasteiger partial charge < -0.3 is 15.1 Å². The number of benzene rings is 1. The molecule has 1 aliphatic rings. The van der Waals surface area contributed by atoms with Gasteiger partial charge in [0.05, 0.1) is 5.69 Å². The van der Waals surface area contributed by atoms with Crippen LogP contribution in [0.2, 0.25) is 0 Å². The lowest BCUT2D eigenvalue weighted by Crippen LogP contribution is -2.40. The van der Waals surface area contributed by atoms with Crippen LogP contribution >= 0.6 is 0 Å². The number of piperidine rings is 1. The lowest BCUT2D eigenvalue weighted by Gasteiger charge is -2.30. The zero-order valence-electron chi connectivity index (χ0n) is 13.8.